The molecule has 45 heavy (non-hydrogen) atoms. The van der Waals surface area contributed by atoms with Crippen LogP contribution in [0.1, 0.15) is 49.1 Å². The number of hydrogen-bond donors (Lipinski definition) is 1. The summed E-state index contributed by atoms with van der Waals surface area (Å²) in [5.74, 6) is -2.34. The van der Waals surface area contributed by atoms with Crippen LogP contribution in [-0.4, -0.2) is 46.7 Å². The number of aromatic nitrogens is 7. The summed E-state index contributed by atoms with van der Waals surface area (Å²) in [6, 6.07) is 12.6. The SMILES string of the molecule is Cc1cc(Cl)cc(C(=O)NCc2cccc(Cl)c2Cl)c1CC(=O)c1cc(Cn2nnc(C(F)(F)F)n2)nn1-c1ncccc1Cl. The number of nitrogens with one attached hydrogen (secondary N) is 1. The first kappa shape index (κ1) is 32.4. The van der Waals surface area contributed by atoms with Gasteiger partial charge in [0.2, 0.25) is 0 Å². The summed E-state index contributed by atoms with van der Waals surface area (Å²) in [4.78, 5) is 32.1. The molecule has 0 aliphatic heterocycles. The first-order valence-corrected chi connectivity index (χ1v) is 14.4. The zero-order valence-corrected chi connectivity index (χ0v) is 25.9. The molecule has 0 aliphatic carbocycles. The van der Waals surface area contributed by atoms with Gasteiger partial charge in [-0.05, 0) is 65.2 Å². The number of rotatable bonds is 9. The number of tetrazole rings is 1. The molecular weight excluding hydrogens is 679 g/mol. The van der Waals surface area contributed by atoms with Gasteiger partial charge in [0.15, 0.2) is 11.6 Å². The predicted octanol–water partition coefficient (Wildman–Crippen LogP) is 6.60. The van der Waals surface area contributed by atoms with Crippen LogP contribution in [0.15, 0.2) is 54.7 Å². The summed E-state index contributed by atoms with van der Waals surface area (Å²) < 4.78 is 40.1. The molecule has 0 atom stereocenters. The Morgan fingerprint density at radius 2 is 1.73 bits per heavy atom. The van der Waals surface area contributed by atoms with Gasteiger partial charge in [-0.15, -0.1) is 10.2 Å². The molecule has 0 unspecified atom stereocenters. The molecule has 0 fully saturated rings. The van der Waals surface area contributed by atoms with Gasteiger partial charge in [0.1, 0.15) is 12.2 Å². The van der Waals surface area contributed by atoms with E-state index in [1.165, 1.54) is 29.1 Å². The van der Waals surface area contributed by atoms with E-state index in [1.54, 1.807) is 37.3 Å². The average Bonchev–Trinajstić information content (AvgIpc) is 3.63. The van der Waals surface area contributed by atoms with Crippen LogP contribution in [0.4, 0.5) is 13.2 Å². The average molecular weight is 698 g/mol. The fraction of sp³-hybridized carbons (Fsp3) is 0.179. The van der Waals surface area contributed by atoms with E-state index in [1.807, 2.05) is 0 Å². The Labute approximate surface area is 273 Å². The minimum absolute atomic E-state index is 0.00632. The lowest BCUT2D eigenvalue weighted by Crippen LogP contribution is -2.25. The normalized spacial score (nSPS) is 11.6. The Morgan fingerprint density at radius 1 is 0.978 bits per heavy atom. The minimum atomic E-state index is -4.79. The summed E-state index contributed by atoms with van der Waals surface area (Å²) in [6.45, 7) is 1.41. The molecule has 0 saturated heterocycles. The van der Waals surface area contributed by atoms with E-state index in [4.69, 9.17) is 46.4 Å². The lowest BCUT2D eigenvalue weighted by atomic mass is 9.95. The lowest BCUT2D eigenvalue weighted by molar-refractivity contribution is -0.145. The highest BCUT2D eigenvalue weighted by molar-refractivity contribution is 6.42. The summed E-state index contributed by atoms with van der Waals surface area (Å²) in [5.41, 5.74) is 1.80. The van der Waals surface area contributed by atoms with Crippen molar-refractivity contribution in [1.29, 1.82) is 0 Å². The first-order valence-electron chi connectivity index (χ1n) is 12.9. The number of benzene rings is 2. The molecule has 0 spiro atoms. The van der Waals surface area contributed by atoms with Crippen molar-refractivity contribution in [3.63, 3.8) is 0 Å². The maximum Gasteiger partial charge on any atom is 0.455 e. The Morgan fingerprint density at radius 3 is 2.44 bits per heavy atom. The van der Waals surface area contributed by atoms with Crippen LogP contribution in [0.2, 0.25) is 20.1 Å². The molecule has 3 heterocycles. The second kappa shape index (κ2) is 13.1. The Balaban J connectivity index is 1.47. The third kappa shape index (κ3) is 7.28. The van der Waals surface area contributed by atoms with Gasteiger partial charge in [0.25, 0.3) is 11.7 Å². The maximum atomic E-state index is 13.9. The molecule has 2 aromatic carbocycles. The molecule has 1 amide bonds. The van der Waals surface area contributed by atoms with Gasteiger partial charge in [0, 0.05) is 29.7 Å². The van der Waals surface area contributed by atoms with Gasteiger partial charge >= 0.3 is 6.18 Å². The zero-order chi connectivity index (χ0) is 32.5. The molecule has 0 saturated carbocycles. The van der Waals surface area contributed by atoms with E-state index in [9.17, 15) is 22.8 Å². The van der Waals surface area contributed by atoms with Crippen LogP contribution in [-0.2, 0) is 25.7 Å². The molecule has 10 nitrogen and oxygen atoms in total. The van der Waals surface area contributed by atoms with E-state index in [0.29, 0.717) is 31.5 Å². The number of halogens is 7. The summed E-state index contributed by atoms with van der Waals surface area (Å²) >= 11 is 25.0. The molecule has 17 heteroatoms. The quantitative estimate of drug-likeness (QED) is 0.172. The van der Waals surface area contributed by atoms with E-state index < -0.39 is 23.7 Å². The maximum absolute atomic E-state index is 13.9. The highest BCUT2D eigenvalue weighted by atomic mass is 35.5. The van der Waals surface area contributed by atoms with Gasteiger partial charge in [-0.25, -0.2) is 9.67 Å². The number of hydrogen-bond acceptors (Lipinski definition) is 7. The monoisotopic (exact) mass is 696 g/mol. The highest BCUT2D eigenvalue weighted by Crippen LogP contribution is 2.28. The summed E-state index contributed by atoms with van der Waals surface area (Å²) in [6.07, 6.45) is -3.64. The van der Waals surface area contributed by atoms with E-state index in [-0.39, 0.29) is 52.3 Å². The minimum Gasteiger partial charge on any atom is -0.348 e. The Hall–Kier alpha value is -4.04. The molecule has 0 aliphatic rings. The fourth-order valence-electron chi connectivity index (χ4n) is 4.39. The van der Waals surface area contributed by atoms with Crippen molar-refractivity contribution in [2.75, 3.05) is 0 Å². The fourth-order valence-corrected chi connectivity index (χ4v) is 5.25. The number of pyridine rings is 1. The number of nitrogens with zero attached hydrogens (tertiary/aromatic N) is 7. The Bertz CT molecular complexity index is 1930. The van der Waals surface area contributed by atoms with Crippen LogP contribution >= 0.6 is 46.4 Å². The van der Waals surface area contributed by atoms with Crippen molar-refractivity contribution in [3.8, 4) is 5.82 Å². The van der Waals surface area contributed by atoms with Crippen molar-refractivity contribution < 1.29 is 22.8 Å². The first-order chi connectivity index (χ1) is 21.3. The largest absolute Gasteiger partial charge is 0.455 e. The van der Waals surface area contributed by atoms with E-state index in [2.05, 4.69) is 30.8 Å². The summed E-state index contributed by atoms with van der Waals surface area (Å²) in [7, 11) is 0. The number of aryl methyl sites for hydroxylation is 1. The number of ketones is 1. The molecule has 5 rings (SSSR count). The molecule has 5 aromatic rings. The molecule has 0 radical (unpaired) electrons. The van der Waals surface area contributed by atoms with Crippen molar-refractivity contribution in [2.24, 2.45) is 0 Å². The van der Waals surface area contributed by atoms with Gasteiger partial charge < -0.3 is 5.32 Å². The molecule has 0 bridgehead atoms. The van der Waals surface area contributed by atoms with Gasteiger partial charge in [-0.1, -0.05) is 58.5 Å². The van der Waals surface area contributed by atoms with Crippen molar-refractivity contribution in [1.82, 2.24) is 40.3 Å². The Kier molecular flexibility index (Phi) is 9.44. The van der Waals surface area contributed by atoms with Crippen LogP contribution < -0.4 is 5.32 Å². The third-order valence-electron chi connectivity index (χ3n) is 6.49. The van der Waals surface area contributed by atoms with Gasteiger partial charge in [-0.3, -0.25) is 9.59 Å². The number of amides is 1. The highest BCUT2D eigenvalue weighted by Gasteiger charge is 2.37. The van der Waals surface area contributed by atoms with Gasteiger partial charge in [-0.2, -0.15) is 23.1 Å². The lowest BCUT2D eigenvalue weighted by Gasteiger charge is -2.15. The number of carbonyl (C=O) groups excluding carboxylic acids is 2. The summed E-state index contributed by atoms with van der Waals surface area (Å²) in [5, 5.41) is 18.0. The number of alkyl halides is 3. The van der Waals surface area contributed by atoms with Crippen LogP contribution in [0.25, 0.3) is 5.82 Å². The van der Waals surface area contributed by atoms with Crippen molar-refractivity contribution in [2.45, 2.75) is 32.6 Å². The second-order valence-corrected chi connectivity index (χ2v) is 11.3. The molecule has 232 valence electrons. The zero-order valence-electron chi connectivity index (χ0n) is 22.9. The van der Waals surface area contributed by atoms with Crippen molar-refractivity contribution in [3.05, 3.63) is 114 Å². The van der Waals surface area contributed by atoms with E-state index >= 15 is 0 Å². The molecule has 3 aromatic heterocycles. The standard InChI is InChI=1S/C28H19Cl4F3N8O2/c1-14-8-16(29)9-19(26(45)37-12-15-4-2-5-20(30)24(15)32)18(14)11-23(44)22-10-17(13-42-40-27(38-41-42)28(33,34)35)39-43(22)25-21(31)6-3-7-36-25/h2-10H,11-13H2,1H3,(H,37,45). The molecule has 1 N–H and O–H groups in total. The van der Waals surface area contributed by atoms with Crippen LogP contribution in [0.5, 0.6) is 0 Å². The van der Waals surface area contributed by atoms with E-state index in [0.717, 1.165) is 0 Å². The molecular formula is C28H19Cl4F3N8O2. The smallest absolute Gasteiger partial charge is 0.348 e. The second-order valence-electron chi connectivity index (χ2n) is 9.63. The van der Waals surface area contributed by atoms with Crippen LogP contribution in [0, 0.1) is 6.92 Å². The number of carbonyl (C=O) groups is 2. The van der Waals surface area contributed by atoms with Crippen molar-refractivity contribution >= 4 is 58.1 Å². The van der Waals surface area contributed by atoms with Crippen LogP contribution in [0.3, 0.4) is 0 Å². The van der Waals surface area contributed by atoms with Gasteiger partial charge in [0.05, 0.1) is 20.8 Å². The topological polar surface area (TPSA) is 120 Å². The number of Topliss-reactive ketones (excluding diaryl/α,β-unsaturated/α-hetero) is 1. The predicted molar refractivity (Wildman–Crippen MR) is 160 cm³/mol. The third-order valence-corrected chi connectivity index (χ3v) is 7.86.